The monoisotopic (exact) mass is 155 g/mol. The quantitative estimate of drug-likeness (QED) is 0.477. The Morgan fingerprint density at radius 2 is 1.78 bits per heavy atom. The van der Waals surface area contributed by atoms with Gasteiger partial charge in [0, 0.05) is 12.4 Å². The molecule has 0 aromatic carbocycles. The van der Waals surface area contributed by atoms with E-state index in [-0.39, 0.29) is 56.4 Å². The van der Waals surface area contributed by atoms with Gasteiger partial charge in [0.1, 0.15) is 5.78 Å². The molecule has 0 rings (SSSR count). The first kappa shape index (κ1) is 12.1. The van der Waals surface area contributed by atoms with Gasteiger partial charge < -0.3 is 14.7 Å². The standard InChI is InChI=1S/C5H8O3.Ca/c1-4(6)2-3-5(7)8;/h2-3H2,1H3,(H,7,8);/q;+2/p-1. The number of carbonyl (C=O) groups is 2. The van der Waals surface area contributed by atoms with Crippen molar-refractivity contribution in [3.8, 4) is 0 Å². The number of carboxylic acid groups (broad SMARTS) is 1. The number of aliphatic carboxylic acids is 1. The zero-order valence-corrected chi connectivity index (χ0v) is 7.55. The maximum atomic E-state index is 10.1. The first-order valence-corrected chi connectivity index (χ1v) is 2.32. The van der Waals surface area contributed by atoms with E-state index in [9.17, 15) is 14.7 Å². The van der Waals surface area contributed by atoms with E-state index in [0.717, 1.165) is 0 Å². The Balaban J connectivity index is 0. The van der Waals surface area contributed by atoms with Crippen LogP contribution in [0.1, 0.15) is 19.8 Å². The van der Waals surface area contributed by atoms with Gasteiger partial charge in [0.05, 0.1) is 0 Å². The Hall–Kier alpha value is 0.400. The van der Waals surface area contributed by atoms with Gasteiger partial charge in [0.15, 0.2) is 0 Å². The smallest absolute Gasteiger partial charge is 0.550 e. The van der Waals surface area contributed by atoms with Gasteiger partial charge in [-0.1, -0.05) is 0 Å². The Morgan fingerprint density at radius 3 is 1.89 bits per heavy atom. The summed E-state index contributed by atoms with van der Waals surface area (Å²) in [5.41, 5.74) is 0. The van der Waals surface area contributed by atoms with Crippen molar-refractivity contribution in [2.45, 2.75) is 19.8 Å². The van der Waals surface area contributed by atoms with Crippen molar-refractivity contribution >= 4 is 49.5 Å². The molecule has 46 valence electrons. The molecule has 0 aliphatic heterocycles. The van der Waals surface area contributed by atoms with E-state index in [1.165, 1.54) is 6.92 Å². The minimum Gasteiger partial charge on any atom is -0.550 e. The zero-order valence-electron chi connectivity index (χ0n) is 5.35. The van der Waals surface area contributed by atoms with Crippen molar-refractivity contribution in [2.24, 2.45) is 0 Å². The summed E-state index contributed by atoms with van der Waals surface area (Å²) in [7, 11) is 0. The summed E-state index contributed by atoms with van der Waals surface area (Å²) in [4.78, 5) is 19.7. The van der Waals surface area contributed by atoms with Crippen molar-refractivity contribution in [1.29, 1.82) is 0 Å². The molecule has 0 fully saturated rings. The molecule has 0 radical (unpaired) electrons. The van der Waals surface area contributed by atoms with Crippen molar-refractivity contribution in [1.82, 2.24) is 0 Å². The molecule has 4 heteroatoms. The Kier molecular flexibility index (Phi) is 8.77. The number of hydrogen-bond acceptors (Lipinski definition) is 3. The van der Waals surface area contributed by atoms with E-state index in [0.29, 0.717) is 0 Å². The van der Waals surface area contributed by atoms with E-state index in [1.807, 2.05) is 0 Å². The molecule has 3 nitrogen and oxygen atoms in total. The third-order valence-corrected chi connectivity index (χ3v) is 0.681. The summed E-state index contributed by atoms with van der Waals surface area (Å²) in [6, 6.07) is 0. The summed E-state index contributed by atoms with van der Waals surface area (Å²) in [6.45, 7) is 1.35. The Morgan fingerprint density at radius 1 is 1.33 bits per heavy atom. The van der Waals surface area contributed by atoms with E-state index in [4.69, 9.17) is 0 Å². The van der Waals surface area contributed by atoms with Crippen LogP contribution in [0.4, 0.5) is 0 Å². The molecule has 0 amide bonds. The van der Waals surface area contributed by atoms with Crippen LogP contribution in [0.3, 0.4) is 0 Å². The summed E-state index contributed by atoms with van der Waals surface area (Å²) < 4.78 is 0. The van der Waals surface area contributed by atoms with Gasteiger partial charge in [-0.3, -0.25) is 0 Å². The number of ketones is 1. The summed E-state index contributed by atoms with van der Waals surface area (Å²) in [6.07, 6.45) is -0.0718. The summed E-state index contributed by atoms with van der Waals surface area (Å²) in [5, 5.41) is 9.64. The van der Waals surface area contributed by atoms with Gasteiger partial charge >= 0.3 is 37.7 Å². The fourth-order valence-corrected chi connectivity index (χ4v) is 0.278. The molecule has 0 bridgehead atoms. The molecule has 0 aliphatic carbocycles. The van der Waals surface area contributed by atoms with E-state index in [2.05, 4.69) is 0 Å². The molecule has 0 atom stereocenters. The zero-order chi connectivity index (χ0) is 6.57. The van der Waals surface area contributed by atoms with Crippen molar-refractivity contribution < 1.29 is 14.7 Å². The maximum Gasteiger partial charge on any atom is 2.00 e. The molecule has 0 saturated heterocycles. The molecule has 0 unspecified atom stereocenters. The van der Waals surface area contributed by atoms with Gasteiger partial charge in [-0.05, 0) is 13.3 Å². The van der Waals surface area contributed by atoms with Crippen molar-refractivity contribution in [3.05, 3.63) is 0 Å². The predicted molar refractivity (Wildman–Crippen MR) is 30.7 cm³/mol. The van der Waals surface area contributed by atoms with Crippen LogP contribution in [0, 0.1) is 0 Å². The minimum atomic E-state index is -1.17. The third kappa shape index (κ3) is 11.8. The molecule has 0 heterocycles. The van der Waals surface area contributed by atoms with Crippen LogP contribution in [0.15, 0.2) is 0 Å². The Labute approximate surface area is 83.4 Å². The molecule has 9 heavy (non-hydrogen) atoms. The summed E-state index contributed by atoms with van der Waals surface area (Å²) >= 11 is 0. The van der Waals surface area contributed by atoms with Crippen LogP contribution in [0.5, 0.6) is 0 Å². The van der Waals surface area contributed by atoms with Gasteiger partial charge in [0.25, 0.3) is 0 Å². The SMILES string of the molecule is CC(=O)CCC(=O)[O-].[Ca+2]. The normalized spacial score (nSPS) is 7.67. The molecule has 0 saturated carbocycles. The van der Waals surface area contributed by atoms with Crippen molar-refractivity contribution in [2.75, 3.05) is 0 Å². The van der Waals surface area contributed by atoms with E-state index < -0.39 is 5.97 Å². The van der Waals surface area contributed by atoms with Crippen LogP contribution in [-0.4, -0.2) is 49.5 Å². The molecule has 0 spiro atoms. The van der Waals surface area contributed by atoms with Crippen LogP contribution in [0.25, 0.3) is 0 Å². The van der Waals surface area contributed by atoms with Gasteiger partial charge in [-0.15, -0.1) is 0 Å². The van der Waals surface area contributed by atoms with Crippen LogP contribution >= 0.6 is 0 Å². The van der Waals surface area contributed by atoms with Crippen molar-refractivity contribution in [3.63, 3.8) is 0 Å². The van der Waals surface area contributed by atoms with Crippen LogP contribution in [0.2, 0.25) is 0 Å². The first-order chi connectivity index (χ1) is 3.63. The number of hydrogen-bond donors (Lipinski definition) is 0. The summed E-state index contributed by atoms with van der Waals surface area (Å²) in [5.74, 6) is -1.28. The molecule has 0 aromatic rings. The average molecular weight is 155 g/mol. The van der Waals surface area contributed by atoms with Crippen LogP contribution in [-0.2, 0) is 9.59 Å². The second-order valence-electron chi connectivity index (χ2n) is 1.57. The average Bonchev–Trinajstić information content (AvgIpc) is 1.61. The fraction of sp³-hybridized carbons (Fsp3) is 0.600. The third-order valence-electron chi connectivity index (χ3n) is 0.681. The second-order valence-corrected chi connectivity index (χ2v) is 1.57. The predicted octanol–water partition coefficient (Wildman–Crippen LogP) is -1.28. The number of Topliss-reactive ketones (excluding diaryl/α,β-unsaturated/α-hetero) is 1. The molecular formula is C5H7CaO3+. The van der Waals surface area contributed by atoms with Crippen LogP contribution < -0.4 is 5.11 Å². The number of rotatable bonds is 3. The van der Waals surface area contributed by atoms with Gasteiger partial charge in [-0.25, -0.2) is 0 Å². The fourth-order valence-electron chi connectivity index (χ4n) is 0.278. The first-order valence-electron chi connectivity index (χ1n) is 2.32. The number of carboxylic acids is 1. The second kappa shape index (κ2) is 6.52. The van der Waals surface area contributed by atoms with E-state index >= 15 is 0 Å². The topological polar surface area (TPSA) is 57.2 Å². The Bertz CT molecular complexity index is 96.8. The molecular weight excluding hydrogens is 148 g/mol. The largest absolute Gasteiger partial charge is 2.00 e. The van der Waals surface area contributed by atoms with Gasteiger partial charge in [-0.2, -0.15) is 0 Å². The van der Waals surface area contributed by atoms with E-state index in [1.54, 1.807) is 0 Å². The maximum absolute atomic E-state index is 10.1. The molecule has 0 aromatic heterocycles. The molecule has 0 aliphatic rings. The van der Waals surface area contributed by atoms with Gasteiger partial charge in [0.2, 0.25) is 0 Å². The number of carbonyl (C=O) groups excluding carboxylic acids is 2. The molecule has 0 N–H and O–H groups in total. The minimum absolute atomic E-state index is 0.